The normalized spacial score (nSPS) is 21.4. The van der Waals surface area contributed by atoms with E-state index in [0.29, 0.717) is 12.1 Å². The minimum atomic E-state index is -4.63. The van der Waals surface area contributed by atoms with Crippen LogP contribution in [0.1, 0.15) is 17.2 Å². The number of benzene rings is 1. The predicted molar refractivity (Wildman–Crippen MR) is 60.2 cm³/mol. The zero-order valence-corrected chi connectivity index (χ0v) is 10.6. The molecule has 0 spiro atoms. The van der Waals surface area contributed by atoms with E-state index in [1.54, 1.807) is 0 Å². The summed E-state index contributed by atoms with van der Waals surface area (Å²) in [7, 11) is 1.05. The number of hydrogen-bond acceptors (Lipinski definition) is 3. The Morgan fingerprint density at radius 1 is 1.38 bits per heavy atom. The summed E-state index contributed by atoms with van der Waals surface area (Å²) >= 11 is 0. The third-order valence-electron chi connectivity index (χ3n) is 2.95. The lowest BCUT2D eigenvalue weighted by atomic mass is 9.97. The summed E-state index contributed by atoms with van der Waals surface area (Å²) < 4.78 is 74.2. The van der Waals surface area contributed by atoms with Gasteiger partial charge in [0.05, 0.1) is 12.7 Å². The average Bonchev–Trinajstić information content (AvgIpc) is 2.40. The number of nitrogens with one attached hydrogen (secondary N) is 1. The molecule has 1 heterocycles. The van der Waals surface area contributed by atoms with Crippen molar-refractivity contribution in [2.75, 3.05) is 13.7 Å². The number of carbonyl (C=O) groups is 1. The van der Waals surface area contributed by atoms with E-state index in [9.17, 15) is 26.7 Å². The molecule has 1 atom stereocenters. The van der Waals surface area contributed by atoms with Crippen molar-refractivity contribution in [3.05, 3.63) is 29.3 Å². The number of alkyl halides is 5. The van der Waals surface area contributed by atoms with Crippen LogP contribution in [-0.2, 0) is 10.9 Å². The minimum absolute atomic E-state index is 0.257. The average molecular weight is 311 g/mol. The van der Waals surface area contributed by atoms with Gasteiger partial charge in [0.1, 0.15) is 11.8 Å². The van der Waals surface area contributed by atoms with E-state index < -0.39 is 42.2 Å². The van der Waals surface area contributed by atoms with Gasteiger partial charge >= 0.3 is 18.2 Å². The van der Waals surface area contributed by atoms with Gasteiger partial charge in [-0.25, -0.2) is 13.6 Å². The number of methoxy groups -OCH3 is 1. The fourth-order valence-corrected chi connectivity index (χ4v) is 1.94. The molecule has 0 saturated carbocycles. The van der Waals surface area contributed by atoms with Crippen molar-refractivity contribution in [1.29, 1.82) is 0 Å². The minimum Gasteiger partial charge on any atom is -0.496 e. The summed E-state index contributed by atoms with van der Waals surface area (Å²) in [6.45, 7) is -1.16. The Morgan fingerprint density at radius 3 is 2.62 bits per heavy atom. The smallest absolute Gasteiger partial charge is 0.416 e. The van der Waals surface area contributed by atoms with Crippen LogP contribution in [0, 0.1) is 0 Å². The van der Waals surface area contributed by atoms with Crippen LogP contribution in [0.5, 0.6) is 5.75 Å². The molecular formula is C12H10F5NO3. The highest BCUT2D eigenvalue weighted by atomic mass is 19.4. The number of amides is 1. The molecule has 4 nitrogen and oxygen atoms in total. The molecule has 9 heteroatoms. The van der Waals surface area contributed by atoms with Crippen LogP contribution in [0.15, 0.2) is 18.2 Å². The van der Waals surface area contributed by atoms with Crippen LogP contribution in [0.4, 0.5) is 26.7 Å². The van der Waals surface area contributed by atoms with E-state index in [1.165, 1.54) is 0 Å². The first-order valence-corrected chi connectivity index (χ1v) is 5.71. The Morgan fingerprint density at radius 2 is 2.05 bits per heavy atom. The molecule has 1 aliphatic heterocycles. The first kappa shape index (κ1) is 15.3. The van der Waals surface area contributed by atoms with E-state index in [2.05, 4.69) is 4.74 Å². The monoisotopic (exact) mass is 311 g/mol. The molecular weight excluding hydrogens is 301 g/mol. The van der Waals surface area contributed by atoms with E-state index in [0.717, 1.165) is 13.2 Å². The maximum absolute atomic E-state index is 13.8. The van der Waals surface area contributed by atoms with Crippen molar-refractivity contribution in [3.63, 3.8) is 0 Å². The van der Waals surface area contributed by atoms with E-state index in [1.807, 2.05) is 5.32 Å². The molecule has 1 N–H and O–H groups in total. The molecule has 1 aliphatic rings. The van der Waals surface area contributed by atoms with E-state index >= 15 is 0 Å². The molecule has 1 amide bonds. The SMILES string of the molecule is COc1cc(C(F)(F)F)ccc1[C@H]1NC(=O)OCC1(F)F. The van der Waals surface area contributed by atoms with Gasteiger partial charge in [-0.05, 0) is 12.1 Å². The Balaban J connectivity index is 2.45. The zero-order valence-electron chi connectivity index (χ0n) is 10.6. The van der Waals surface area contributed by atoms with Crippen molar-refractivity contribution in [2.45, 2.75) is 18.1 Å². The third-order valence-corrected chi connectivity index (χ3v) is 2.95. The van der Waals surface area contributed by atoms with Crippen molar-refractivity contribution < 1.29 is 36.2 Å². The lowest BCUT2D eigenvalue weighted by Gasteiger charge is -2.32. The lowest BCUT2D eigenvalue weighted by Crippen LogP contribution is -2.49. The van der Waals surface area contributed by atoms with Gasteiger partial charge in [-0.1, -0.05) is 6.07 Å². The van der Waals surface area contributed by atoms with Gasteiger partial charge in [0.25, 0.3) is 0 Å². The third kappa shape index (κ3) is 3.01. The lowest BCUT2D eigenvalue weighted by molar-refractivity contribution is -0.137. The molecule has 2 rings (SSSR count). The van der Waals surface area contributed by atoms with Crippen LogP contribution >= 0.6 is 0 Å². The van der Waals surface area contributed by atoms with E-state index in [4.69, 9.17) is 4.74 Å². The van der Waals surface area contributed by atoms with Crippen LogP contribution in [0.3, 0.4) is 0 Å². The number of cyclic esters (lactones) is 1. The highest BCUT2D eigenvalue weighted by Crippen LogP contribution is 2.41. The molecule has 0 bridgehead atoms. The zero-order chi connectivity index (χ0) is 15.8. The molecule has 0 unspecified atom stereocenters. The van der Waals surface area contributed by atoms with Crippen molar-refractivity contribution in [3.8, 4) is 5.75 Å². The van der Waals surface area contributed by atoms with Gasteiger partial charge < -0.3 is 14.8 Å². The first-order chi connectivity index (χ1) is 9.65. The Bertz CT molecular complexity index is 558. The fraction of sp³-hybridized carbons (Fsp3) is 0.417. The second-order valence-electron chi connectivity index (χ2n) is 4.37. The molecule has 21 heavy (non-hydrogen) atoms. The van der Waals surface area contributed by atoms with Crippen LogP contribution in [0.2, 0.25) is 0 Å². The summed E-state index contributed by atoms with van der Waals surface area (Å²) in [4.78, 5) is 11.1. The van der Waals surface area contributed by atoms with Crippen molar-refractivity contribution >= 4 is 6.09 Å². The predicted octanol–water partition coefficient (Wildman–Crippen LogP) is 3.13. The first-order valence-electron chi connectivity index (χ1n) is 5.71. The Hall–Kier alpha value is -2.06. The quantitative estimate of drug-likeness (QED) is 0.854. The van der Waals surface area contributed by atoms with Crippen molar-refractivity contribution in [2.24, 2.45) is 0 Å². The summed E-state index contributed by atoms with van der Waals surface area (Å²) in [6.07, 6.45) is -5.71. The maximum atomic E-state index is 13.8. The number of carbonyl (C=O) groups excluding carboxylic acids is 1. The second kappa shape index (κ2) is 5.05. The second-order valence-corrected chi connectivity index (χ2v) is 4.37. The van der Waals surface area contributed by atoms with Gasteiger partial charge in [0.15, 0.2) is 6.61 Å². The summed E-state index contributed by atoms with van der Waals surface area (Å²) in [5, 5.41) is 1.88. The van der Waals surface area contributed by atoms with Gasteiger partial charge in [-0.15, -0.1) is 0 Å². The molecule has 116 valence electrons. The summed E-state index contributed by atoms with van der Waals surface area (Å²) in [6, 6.07) is 0.282. The maximum Gasteiger partial charge on any atom is 0.416 e. The van der Waals surface area contributed by atoms with Gasteiger partial charge in [-0.3, -0.25) is 0 Å². The van der Waals surface area contributed by atoms with Crippen molar-refractivity contribution in [1.82, 2.24) is 5.32 Å². The topological polar surface area (TPSA) is 47.6 Å². The largest absolute Gasteiger partial charge is 0.496 e. The number of halogens is 5. The standard InChI is InChI=1S/C12H10F5NO3/c1-20-8-4-6(12(15,16)17)2-3-7(8)9-11(13,14)5-21-10(19)18-9/h2-4,9H,5H2,1H3,(H,18,19)/t9-/m1/s1. The molecule has 0 radical (unpaired) electrons. The Kier molecular flexibility index (Phi) is 3.68. The molecule has 0 aliphatic carbocycles. The fourth-order valence-electron chi connectivity index (χ4n) is 1.94. The summed E-state index contributed by atoms with van der Waals surface area (Å²) in [5.41, 5.74) is -1.29. The number of hydrogen-bond donors (Lipinski definition) is 1. The molecule has 1 aromatic carbocycles. The summed E-state index contributed by atoms with van der Waals surface area (Å²) in [5.74, 6) is -3.86. The molecule has 1 fully saturated rings. The van der Waals surface area contributed by atoms with Crippen LogP contribution in [0.25, 0.3) is 0 Å². The number of alkyl carbamates (subject to hydrolysis) is 1. The van der Waals surface area contributed by atoms with Crippen LogP contribution < -0.4 is 10.1 Å². The highest BCUT2D eigenvalue weighted by molar-refractivity contribution is 5.69. The van der Waals surface area contributed by atoms with Gasteiger partial charge in [-0.2, -0.15) is 13.2 Å². The number of rotatable bonds is 2. The number of ether oxygens (including phenoxy) is 2. The van der Waals surface area contributed by atoms with Gasteiger partial charge in [0.2, 0.25) is 0 Å². The Labute approximate surface area is 115 Å². The van der Waals surface area contributed by atoms with Gasteiger partial charge in [0, 0.05) is 5.56 Å². The molecule has 0 aromatic heterocycles. The van der Waals surface area contributed by atoms with E-state index in [-0.39, 0.29) is 5.56 Å². The highest BCUT2D eigenvalue weighted by Gasteiger charge is 2.48. The molecule has 1 aromatic rings. The van der Waals surface area contributed by atoms with Crippen LogP contribution in [-0.4, -0.2) is 25.7 Å². The molecule has 1 saturated heterocycles.